The summed E-state index contributed by atoms with van der Waals surface area (Å²) in [5, 5.41) is 21.8. The van der Waals surface area contributed by atoms with Crippen molar-refractivity contribution < 1.29 is 29.3 Å². The number of hydrogen-bond donors (Lipinski definition) is 2. The van der Waals surface area contributed by atoms with E-state index in [0.717, 1.165) is 22.3 Å². The number of aryl methyl sites for hydroxylation is 3. The van der Waals surface area contributed by atoms with E-state index in [1.165, 1.54) is 11.0 Å². The first-order valence-electron chi connectivity index (χ1n) is 13.1. The summed E-state index contributed by atoms with van der Waals surface area (Å²) in [5.41, 5.74) is 4.63. The molecule has 1 heterocycles. The molecule has 0 radical (unpaired) electrons. The van der Waals surface area contributed by atoms with E-state index in [1.807, 2.05) is 52.8 Å². The Labute approximate surface area is 229 Å². The number of likely N-dealkylation sites (tertiary alicyclic amines) is 1. The summed E-state index contributed by atoms with van der Waals surface area (Å²) in [6.07, 6.45) is -0.0208. The highest BCUT2D eigenvalue weighted by Crippen LogP contribution is 2.43. The Morgan fingerprint density at radius 2 is 1.69 bits per heavy atom. The molecule has 1 amide bonds. The van der Waals surface area contributed by atoms with Gasteiger partial charge >= 0.3 is 0 Å². The predicted molar refractivity (Wildman–Crippen MR) is 150 cm³/mol. The van der Waals surface area contributed by atoms with Gasteiger partial charge in [0.1, 0.15) is 11.5 Å². The number of aliphatic hydroxyl groups is 1. The first-order chi connectivity index (χ1) is 18.5. The van der Waals surface area contributed by atoms with Gasteiger partial charge in [0.05, 0.1) is 24.3 Å². The molecule has 1 atom stereocenters. The van der Waals surface area contributed by atoms with Crippen molar-refractivity contribution in [1.82, 2.24) is 4.90 Å². The van der Waals surface area contributed by atoms with Gasteiger partial charge in [-0.1, -0.05) is 29.8 Å². The van der Waals surface area contributed by atoms with Gasteiger partial charge in [-0.15, -0.1) is 0 Å². The van der Waals surface area contributed by atoms with Gasteiger partial charge in [0.25, 0.3) is 11.7 Å². The van der Waals surface area contributed by atoms with Crippen LogP contribution in [0.15, 0.2) is 60.2 Å². The van der Waals surface area contributed by atoms with Gasteiger partial charge < -0.3 is 24.6 Å². The number of ketones is 1. The average molecular weight is 530 g/mol. The van der Waals surface area contributed by atoms with Gasteiger partial charge in [-0.25, -0.2) is 0 Å². The van der Waals surface area contributed by atoms with E-state index in [1.54, 1.807) is 37.3 Å². The Bertz CT molecular complexity index is 1460. The third-order valence-electron chi connectivity index (χ3n) is 6.80. The lowest BCUT2D eigenvalue weighted by atomic mass is 9.94. The quantitative estimate of drug-likeness (QED) is 0.207. The minimum Gasteiger partial charge on any atom is -0.507 e. The molecule has 1 aliphatic heterocycles. The minimum absolute atomic E-state index is 0.0182. The summed E-state index contributed by atoms with van der Waals surface area (Å²) >= 11 is 0. The van der Waals surface area contributed by atoms with E-state index in [2.05, 4.69) is 0 Å². The molecular weight excluding hydrogens is 494 g/mol. The predicted octanol–water partition coefficient (Wildman–Crippen LogP) is 6.13. The van der Waals surface area contributed by atoms with Crippen LogP contribution in [0.1, 0.15) is 60.2 Å². The maximum Gasteiger partial charge on any atom is 0.295 e. The molecule has 1 aliphatic rings. The maximum atomic E-state index is 13.5. The number of carbonyl (C=O) groups excluding carboxylic acids is 2. The molecule has 3 aromatic carbocycles. The highest BCUT2D eigenvalue weighted by molar-refractivity contribution is 6.46. The van der Waals surface area contributed by atoms with E-state index in [-0.39, 0.29) is 35.5 Å². The van der Waals surface area contributed by atoms with Crippen LogP contribution in [0.25, 0.3) is 5.76 Å². The fourth-order valence-electron chi connectivity index (χ4n) is 4.85. The molecule has 2 N–H and O–H groups in total. The lowest BCUT2D eigenvalue weighted by Crippen LogP contribution is -2.29. The lowest BCUT2D eigenvalue weighted by molar-refractivity contribution is -0.140. The average Bonchev–Trinajstić information content (AvgIpc) is 3.13. The number of rotatable bonds is 8. The van der Waals surface area contributed by atoms with Crippen LogP contribution in [-0.4, -0.2) is 39.5 Å². The van der Waals surface area contributed by atoms with Crippen LogP contribution in [0.5, 0.6) is 17.2 Å². The van der Waals surface area contributed by atoms with Crippen molar-refractivity contribution in [2.75, 3.05) is 6.61 Å². The third-order valence-corrected chi connectivity index (χ3v) is 6.80. The number of benzene rings is 3. The lowest BCUT2D eigenvalue weighted by Gasteiger charge is -2.27. The number of Topliss-reactive ketones (excluding diaryl/α,β-unsaturated/α-hetero) is 1. The topological polar surface area (TPSA) is 96.3 Å². The van der Waals surface area contributed by atoms with Crippen molar-refractivity contribution >= 4 is 17.4 Å². The fourth-order valence-corrected chi connectivity index (χ4v) is 4.85. The molecule has 0 bridgehead atoms. The van der Waals surface area contributed by atoms with Crippen molar-refractivity contribution in [3.8, 4) is 17.2 Å². The molecule has 0 saturated carbocycles. The highest BCUT2D eigenvalue weighted by Gasteiger charge is 2.46. The normalized spacial score (nSPS) is 16.7. The highest BCUT2D eigenvalue weighted by atomic mass is 16.5. The van der Waals surface area contributed by atoms with E-state index >= 15 is 0 Å². The summed E-state index contributed by atoms with van der Waals surface area (Å²) in [6, 6.07) is 15.0. The molecule has 4 rings (SSSR count). The Kier molecular flexibility index (Phi) is 8.00. The molecule has 204 valence electrons. The van der Waals surface area contributed by atoms with Gasteiger partial charge in [-0.3, -0.25) is 9.59 Å². The molecule has 0 spiro atoms. The van der Waals surface area contributed by atoms with E-state index < -0.39 is 17.7 Å². The van der Waals surface area contributed by atoms with Crippen LogP contribution in [0.3, 0.4) is 0 Å². The molecule has 1 fully saturated rings. The van der Waals surface area contributed by atoms with Crippen LogP contribution < -0.4 is 9.47 Å². The van der Waals surface area contributed by atoms with Gasteiger partial charge in [0, 0.05) is 12.1 Å². The zero-order valence-corrected chi connectivity index (χ0v) is 23.2. The van der Waals surface area contributed by atoms with Gasteiger partial charge in [-0.2, -0.15) is 0 Å². The monoisotopic (exact) mass is 529 g/mol. The number of aromatic hydroxyl groups is 1. The molecular formula is C32H35NO6. The molecule has 0 aliphatic carbocycles. The Morgan fingerprint density at radius 3 is 2.36 bits per heavy atom. The van der Waals surface area contributed by atoms with E-state index in [4.69, 9.17) is 9.47 Å². The molecule has 7 nitrogen and oxygen atoms in total. The second-order valence-corrected chi connectivity index (χ2v) is 10.2. The summed E-state index contributed by atoms with van der Waals surface area (Å²) in [4.78, 5) is 28.5. The first kappa shape index (κ1) is 27.8. The number of ether oxygens (including phenoxy) is 2. The van der Waals surface area contributed by atoms with Crippen LogP contribution in [0.2, 0.25) is 0 Å². The van der Waals surface area contributed by atoms with Crippen LogP contribution in [0.4, 0.5) is 0 Å². The van der Waals surface area contributed by atoms with Crippen LogP contribution in [0, 0.1) is 20.8 Å². The second kappa shape index (κ2) is 11.2. The summed E-state index contributed by atoms with van der Waals surface area (Å²) < 4.78 is 11.4. The molecule has 39 heavy (non-hydrogen) atoms. The third kappa shape index (κ3) is 5.62. The fraction of sp³-hybridized carbons (Fsp3) is 0.312. The van der Waals surface area contributed by atoms with E-state index in [0.29, 0.717) is 23.5 Å². The number of aliphatic hydroxyl groups excluding tert-OH is 1. The van der Waals surface area contributed by atoms with Crippen LogP contribution >= 0.6 is 0 Å². The smallest absolute Gasteiger partial charge is 0.295 e. The molecule has 1 saturated heterocycles. The van der Waals surface area contributed by atoms with Gasteiger partial charge in [0.15, 0.2) is 11.5 Å². The number of nitrogens with zero attached hydrogens (tertiary/aromatic N) is 1. The Hall–Kier alpha value is -4.26. The van der Waals surface area contributed by atoms with Crippen molar-refractivity contribution in [1.29, 1.82) is 0 Å². The Balaban J connectivity index is 1.88. The first-order valence-corrected chi connectivity index (χ1v) is 13.1. The minimum atomic E-state index is -0.892. The van der Waals surface area contributed by atoms with Crippen molar-refractivity contribution in [3.05, 3.63) is 93.6 Å². The van der Waals surface area contributed by atoms with E-state index in [9.17, 15) is 19.8 Å². The number of hydrogen-bond acceptors (Lipinski definition) is 6. The Morgan fingerprint density at radius 1 is 0.949 bits per heavy atom. The van der Waals surface area contributed by atoms with Crippen molar-refractivity contribution in [2.45, 2.75) is 60.2 Å². The molecule has 0 aromatic heterocycles. The summed E-state index contributed by atoms with van der Waals surface area (Å²) in [6.45, 7) is 11.9. The molecule has 7 heteroatoms. The summed E-state index contributed by atoms with van der Waals surface area (Å²) in [7, 11) is 0. The molecule has 1 unspecified atom stereocenters. The maximum absolute atomic E-state index is 13.5. The van der Waals surface area contributed by atoms with Crippen LogP contribution in [-0.2, 0) is 16.1 Å². The number of phenols is 1. The molecule has 3 aromatic rings. The summed E-state index contributed by atoms with van der Waals surface area (Å²) in [5.74, 6) is -0.888. The number of carbonyl (C=O) groups is 2. The standard InChI is InChI=1S/C32H35NO6/c1-7-38-27-16-22(10-12-25(27)34)29-28(30(35)23-11-13-26(21(6)15-23)39-18(2)3)31(36)32(37)33(29)17-24-14-19(4)8-9-20(24)5/h8-16,18,29,34-35H,7,17H2,1-6H3/b30-28-. The number of amides is 1. The van der Waals surface area contributed by atoms with Crippen molar-refractivity contribution in [3.63, 3.8) is 0 Å². The zero-order valence-electron chi connectivity index (χ0n) is 23.2. The SMILES string of the molecule is CCOc1cc(C2/C(=C(/O)c3ccc(OC(C)C)c(C)c3)C(=O)C(=O)N2Cc2cc(C)ccc2C)ccc1O. The zero-order chi connectivity index (χ0) is 28.4. The number of phenolic OH excluding ortho intramolecular Hbond substituents is 1. The second-order valence-electron chi connectivity index (χ2n) is 10.2. The van der Waals surface area contributed by atoms with Gasteiger partial charge in [-0.05, 0) is 94.1 Å². The van der Waals surface area contributed by atoms with Crippen molar-refractivity contribution in [2.24, 2.45) is 0 Å². The van der Waals surface area contributed by atoms with Gasteiger partial charge in [0.2, 0.25) is 0 Å². The largest absolute Gasteiger partial charge is 0.507 e.